The summed E-state index contributed by atoms with van der Waals surface area (Å²) in [4.78, 5) is 15.6. The first-order valence-corrected chi connectivity index (χ1v) is 7.62. The van der Waals surface area contributed by atoms with Crippen molar-refractivity contribution in [1.29, 1.82) is 0 Å². The molecule has 98 valence electrons. The van der Waals surface area contributed by atoms with Gasteiger partial charge in [-0.25, -0.2) is 0 Å². The van der Waals surface area contributed by atoms with Crippen LogP contribution in [0, 0.1) is 0 Å². The van der Waals surface area contributed by atoms with Crippen LogP contribution in [0.25, 0.3) is 0 Å². The Morgan fingerprint density at radius 3 is 2.35 bits per heavy atom. The number of nitrogens with zero attached hydrogens (tertiary/aromatic N) is 2. The molecule has 0 aliphatic carbocycles. The van der Waals surface area contributed by atoms with Crippen LogP contribution in [-0.4, -0.2) is 70.6 Å². The summed E-state index contributed by atoms with van der Waals surface area (Å²) >= 11 is 2.04. The monoisotopic (exact) mass is 258 g/mol. The minimum absolute atomic E-state index is 0.326. The smallest absolute Gasteiger partial charge is 0.320 e. The van der Waals surface area contributed by atoms with Gasteiger partial charge in [-0.05, 0) is 19.8 Å². The van der Waals surface area contributed by atoms with E-state index < -0.39 is 5.97 Å². The zero-order valence-electron chi connectivity index (χ0n) is 10.5. The Morgan fingerprint density at radius 2 is 1.82 bits per heavy atom. The standard InChI is InChI=1S/C12H22N2O2S/c1-10(12(15)16)13-4-2-11(3-5-13)14-6-8-17-9-7-14/h10-11H,2-9H2,1H3,(H,15,16)/t10-/m0/s1. The van der Waals surface area contributed by atoms with Crippen LogP contribution in [0.4, 0.5) is 0 Å². The van der Waals surface area contributed by atoms with Crippen LogP contribution < -0.4 is 0 Å². The Morgan fingerprint density at radius 1 is 1.24 bits per heavy atom. The third-order valence-electron chi connectivity index (χ3n) is 3.97. The highest BCUT2D eigenvalue weighted by Crippen LogP contribution is 2.21. The number of thioether (sulfide) groups is 1. The number of carboxylic acid groups (broad SMARTS) is 1. The molecular weight excluding hydrogens is 236 g/mol. The molecule has 0 bridgehead atoms. The van der Waals surface area contributed by atoms with Crippen molar-refractivity contribution in [3.05, 3.63) is 0 Å². The number of aliphatic carboxylic acids is 1. The molecule has 0 spiro atoms. The topological polar surface area (TPSA) is 43.8 Å². The van der Waals surface area contributed by atoms with E-state index in [0.29, 0.717) is 6.04 Å². The molecule has 2 rings (SSSR count). The SMILES string of the molecule is C[C@@H](C(=O)O)N1CCC(N2CCSCC2)CC1. The highest BCUT2D eigenvalue weighted by molar-refractivity contribution is 7.99. The average molecular weight is 258 g/mol. The minimum atomic E-state index is -0.696. The van der Waals surface area contributed by atoms with Crippen molar-refractivity contribution in [1.82, 2.24) is 9.80 Å². The van der Waals surface area contributed by atoms with E-state index in [-0.39, 0.29) is 6.04 Å². The van der Waals surface area contributed by atoms with Crippen LogP contribution in [0.2, 0.25) is 0 Å². The first kappa shape index (κ1) is 13.2. The summed E-state index contributed by atoms with van der Waals surface area (Å²) in [6.07, 6.45) is 2.25. The lowest BCUT2D eigenvalue weighted by Gasteiger charge is -2.41. The first-order chi connectivity index (χ1) is 8.18. The van der Waals surface area contributed by atoms with Crippen LogP contribution in [-0.2, 0) is 4.79 Å². The average Bonchev–Trinajstić information content (AvgIpc) is 2.39. The number of rotatable bonds is 3. The van der Waals surface area contributed by atoms with E-state index in [9.17, 15) is 4.79 Å². The molecule has 0 aromatic rings. The van der Waals surface area contributed by atoms with Crippen molar-refractivity contribution in [3.8, 4) is 0 Å². The van der Waals surface area contributed by atoms with Crippen LogP contribution in [0.5, 0.6) is 0 Å². The van der Waals surface area contributed by atoms with Gasteiger partial charge in [-0.15, -0.1) is 0 Å². The van der Waals surface area contributed by atoms with Crippen molar-refractivity contribution in [2.24, 2.45) is 0 Å². The lowest BCUT2D eigenvalue weighted by Crippen LogP contribution is -2.51. The van der Waals surface area contributed by atoms with Crippen LogP contribution in [0.15, 0.2) is 0 Å². The highest BCUT2D eigenvalue weighted by atomic mass is 32.2. The maximum Gasteiger partial charge on any atom is 0.320 e. The highest BCUT2D eigenvalue weighted by Gasteiger charge is 2.29. The van der Waals surface area contributed by atoms with Crippen molar-refractivity contribution in [3.63, 3.8) is 0 Å². The lowest BCUT2D eigenvalue weighted by atomic mass is 10.0. The molecule has 2 aliphatic rings. The molecule has 1 N–H and O–H groups in total. The van der Waals surface area contributed by atoms with E-state index in [1.54, 1.807) is 6.92 Å². The summed E-state index contributed by atoms with van der Waals surface area (Å²) in [7, 11) is 0. The maximum atomic E-state index is 10.9. The van der Waals surface area contributed by atoms with E-state index in [1.807, 2.05) is 11.8 Å². The van der Waals surface area contributed by atoms with Gasteiger partial charge in [0.05, 0.1) is 0 Å². The Balaban J connectivity index is 1.79. The fourth-order valence-corrected chi connectivity index (χ4v) is 3.67. The molecule has 0 saturated carbocycles. The number of carboxylic acids is 1. The summed E-state index contributed by atoms with van der Waals surface area (Å²) in [6, 6.07) is 0.362. The molecule has 0 aromatic carbocycles. The molecule has 2 fully saturated rings. The van der Waals surface area contributed by atoms with Crippen molar-refractivity contribution >= 4 is 17.7 Å². The third-order valence-corrected chi connectivity index (χ3v) is 4.91. The number of carbonyl (C=O) groups is 1. The van der Waals surface area contributed by atoms with Crippen LogP contribution >= 0.6 is 11.8 Å². The van der Waals surface area contributed by atoms with E-state index >= 15 is 0 Å². The van der Waals surface area contributed by atoms with Gasteiger partial charge in [-0.3, -0.25) is 14.6 Å². The van der Waals surface area contributed by atoms with Gasteiger partial charge in [0.25, 0.3) is 0 Å². The van der Waals surface area contributed by atoms with Crippen molar-refractivity contribution in [2.75, 3.05) is 37.7 Å². The minimum Gasteiger partial charge on any atom is -0.480 e. The quantitative estimate of drug-likeness (QED) is 0.817. The fraction of sp³-hybridized carbons (Fsp3) is 0.917. The largest absolute Gasteiger partial charge is 0.480 e. The van der Waals surface area contributed by atoms with E-state index in [1.165, 1.54) is 24.6 Å². The Bertz CT molecular complexity index is 261. The Hall–Kier alpha value is -0.260. The van der Waals surface area contributed by atoms with Gasteiger partial charge in [0.1, 0.15) is 6.04 Å². The van der Waals surface area contributed by atoms with Crippen molar-refractivity contribution < 1.29 is 9.90 Å². The second-order valence-corrected chi connectivity index (χ2v) is 6.15. The first-order valence-electron chi connectivity index (χ1n) is 6.47. The number of hydrogen-bond acceptors (Lipinski definition) is 4. The van der Waals surface area contributed by atoms with Gasteiger partial charge in [-0.1, -0.05) is 0 Å². The lowest BCUT2D eigenvalue weighted by molar-refractivity contribution is -0.143. The summed E-state index contributed by atoms with van der Waals surface area (Å²) in [5.41, 5.74) is 0. The second-order valence-electron chi connectivity index (χ2n) is 4.93. The van der Waals surface area contributed by atoms with Gasteiger partial charge < -0.3 is 5.11 Å². The van der Waals surface area contributed by atoms with Gasteiger partial charge >= 0.3 is 5.97 Å². The van der Waals surface area contributed by atoms with Crippen LogP contribution in [0.3, 0.4) is 0 Å². The fourth-order valence-electron chi connectivity index (χ4n) is 2.74. The normalized spacial score (nSPS) is 26.9. The molecule has 17 heavy (non-hydrogen) atoms. The molecule has 2 aliphatic heterocycles. The predicted molar refractivity (Wildman–Crippen MR) is 70.6 cm³/mol. The maximum absolute atomic E-state index is 10.9. The molecule has 4 nitrogen and oxygen atoms in total. The molecule has 0 aromatic heterocycles. The van der Waals surface area contributed by atoms with Gasteiger partial charge in [0, 0.05) is 43.7 Å². The zero-order chi connectivity index (χ0) is 12.3. The molecule has 2 heterocycles. The summed E-state index contributed by atoms with van der Waals surface area (Å²) in [5, 5.41) is 8.99. The van der Waals surface area contributed by atoms with E-state index in [2.05, 4.69) is 9.80 Å². The molecule has 2 saturated heterocycles. The Kier molecular flexibility index (Phi) is 4.70. The number of hydrogen-bond donors (Lipinski definition) is 1. The molecular formula is C12H22N2O2S. The second kappa shape index (κ2) is 6.07. The van der Waals surface area contributed by atoms with Crippen LogP contribution in [0.1, 0.15) is 19.8 Å². The third kappa shape index (κ3) is 3.36. The number of piperidine rings is 1. The molecule has 0 radical (unpaired) electrons. The van der Waals surface area contributed by atoms with Crippen molar-refractivity contribution in [2.45, 2.75) is 31.8 Å². The van der Waals surface area contributed by atoms with E-state index in [4.69, 9.17) is 5.11 Å². The molecule has 0 unspecified atom stereocenters. The predicted octanol–water partition coefficient (Wildman–Crippen LogP) is 0.973. The van der Waals surface area contributed by atoms with Gasteiger partial charge in [0.15, 0.2) is 0 Å². The molecule has 0 amide bonds. The van der Waals surface area contributed by atoms with Gasteiger partial charge in [-0.2, -0.15) is 11.8 Å². The van der Waals surface area contributed by atoms with E-state index in [0.717, 1.165) is 25.9 Å². The summed E-state index contributed by atoms with van der Waals surface area (Å²) in [5.74, 6) is 1.81. The Labute approximate surface area is 107 Å². The number of likely N-dealkylation sites (tertiary alicyclic amines) is 1. The summed E-state index contributed by atoms with van der Waals surface area (Å²) < 4.78 is 0. The molecule has 5 heteroatoms. The zero-order valence-corrected chi connectivity index (χ0v) is 11.3. The van der Waals surface area contributed by atoms with Gasteiger partial charge in [0.2, 0.25) is 0 Å². The molecule has 1 atom stereocenters. The summed E-state index contributed by atoms with van der Waals surface area (Å²) in [6.45, 7) is 6.08.